The molecule has 1 aromatic carbocycles. The van der Waals surface area contributed by atoms with E-state index < -0.39 is 0 Å². The summed E-state index contributed by atoms with van der Waals surface area (Å²) in [7, 11) is 0. The Morgan fingerprint density at radius 2 is 2.25 bits per heavy atom. The maximum Gasteiger partial charge on any atom is 0.206 e. The smallest absolute Gasteiger partial charge is 0.206 e. The number of aromatic nitrogens is 1. The van der Waals surface area contributed by atoms with Gasteiger partial charge in [-0.1, -0.05) is 24.3 Å². The lowest BCUT2D eigenvalue weighted by Gasteiger charge is -2.01. The van der Waals surface area contributed by atoms with Crippen LogP contribution in [-0.4, -0.2) is 22.5 Å². The van der Waals surface area contributed by atoms with Crippen LogP contribution in [-0.2, 0) is 0 Å². The lowest BCUT2D eigenvalue weighted by molar-refractivity contribution is 0.475. The monoisotopic (exact) mass is 339 g/mol. The zero-order chi connectivity index (χ0) is 16.9. The van der Waals surface area contributed by atoms with Gasteiger partial charge in [0.2, 0.25) is 4.80 Å². The first kappa shape index (κ1) is 16.0. The highest BCUT2D eigenvalue weighted by Gasteiger charge is 2.09. The van der Waals surface area contributed by atoms with E-state index in [4.69, 9.17) is 4.42 Å². The average Bonchev–Trinajstić information content (AvgIpc) is 3.20. The molecule has 0 spiro atoms. The Kier molecular flexibility index (Phi) is 4.77. The Morgan fingerprint density at radius 3 is 2.96 bits per heavy atom. The number of furan rings is 1. The van der Waals surface area contributed by atoms with E-state index in [1.165, 1.54) is 11.3 Å². The average molecular weight is 339 g/mol. The third kappa shape index (κ3) is 3.72. The molecule has 122 valence electrons. The standard InChI is InChI=1S/C18H17N3O2S/c1-13(2)10-19-18-21(16(12-24-18)17-7-4-8-23-17)20-11-14-5-3-6-15(22)9-14/h3-9,11-12,22H,1,10H2,2H3. The molecule has 0 bridgehead atoms. The second-order valence-electron chi connectivity index (χ2n) is 5.31. The minimum absolute atomic E-state index is 0.202. The molecule has 0 radical (unpaired) electrons. The van der Waals surface area contributed by atoms with Crippen molar-refractivity contribution in [3.8, 4) is 17.2 Å². The summed E-state index contributed by atoms with van der Waals surface area (Å²) in [5.74, 6) is 0.920. The van der Waals surface area contributed by atoms with Gasteiger partial charge in [0.1, 0.15) is 11.4 Å². The Bertz CT molecular complexity index is 933. The van der Waals surface area contributed by atoms with Crippen molar-refractivity contribution in [2.45, 2.75) is 6.92 Å². The highest BCUT2D eigenvalue weighted by molar-refractivity contribution is 7.07. The molecule has 0 atom stereocenters. The van der Waals surface area contributed by atoms with Crippen molar-refractivity contribution >= 4 is 17.6 Å². The van der Waals surface area contributed by atoms with E-state index >= 15 is 0 Å². The molecule has 0 saturated carbocycles. The lowest BCUT2D eigenvalue weighted by Crippen LogP contribution is -2.12. The molecular weight excluding hydrogens is 322 g/mol. The molecule has 24 heavy (non-hydrogen) atoms. The number of hydrogen-bond donors (Lipinski definition) is 1. The van der Waals surface area contributed by atoms with Crippen LogP contribution >= 0.6 is 11.3 Å². The molecule has 2 aromatic heterocycles. The SMILES string of the molecule is C=C(C)CN=c1scc(-c2ccco2)n1N=Cc1cccc(O)c1. The maximum atomic E-state index is 9.57. The molecule has 0 unspecified atom stereocenters. The highest BCUT2D eigenvalue weighted by Crippen LogP contribution is 2.20. The molecule has 0 amide bonds. The molecule has 3 aromatic rings. The van der Waals surface area contributed by atoms with Gasteiger partial charge in [0.05, 0.1) is 19.0 Å². The molecule has 2 heterocycles. The summed E-state index contributed by atoms with van der Waals surface area (Å²) in [4.78, 5) is 5.29. The molecule has 6 heteroatoms. The van der Waals surface area contributed by atoms with E-state index in [2.05, 4.69) is 16.7 Å². The van der Waals surface area contributed by atoms with Crippen molar-refractivity contribution in [2.75, 3.05) is 6.54 Å². The second kappa shape index (κ2) is 7.14. The summed E-state index contributed by atoms with van der Waals surface area (Å²) in [6.45, 7) is 6.35. The zero-order valence-corrected chi connectivity index (χ0v) is 14.0. The van der Waals surface area contributed by atoms with Crippen LogP contribution in [0.2, 0.25) is 0 Å². The number of nitrogens with zero attached hydrogens (tertiary/aromatic N) is 3. The predicted octanol–water partition coefficient (Wildman–Crippen LogP) is 3.87. The van der Waals surface area contributed by atoms with E-state index in [-0.39, 0.29) is 5.75 Å². The van der Waals surface area contributed by atoms with Gasteiger partial charge in [0.25, 0.3) is 0 Å². The summed E-state index contributed by atoms with van der Waals surface area (Å²) in [6, 6.07) is 10.6. The van der Waals surface area contributed by atoms with Gasteiger partial charge in [0, 0.05) is 5.38 Å². The maximum absolute atomic E-state index is 9.57. The largest absolute Gasteiger partial charge is 0.508 e. The molecule has 0 saturated heterocycles. The molecular formula is C18H17N3O2S. The van der Waals surface area contributed by atoms with E-state index in [1.54, 1.807) is 35.4 Å². The van der Waals surface area contributed by atoms with Gasteiger partial charge in [0.15, 0.2) is 5.76 Å². The van der Waals surface area contributed by atoms with Gasteiger partial charge in [-0.3, -0.25) is 4.99 Å². The fourth-order valence-corrected chi connectivity index (χ4v) is 2.86. The summed E-state index contributed by atoms with van der Waals surface area (Å²) >= 11 is 1.49. The van der Waals surface area contributed by atoms with Gasteiger partial charge in [-0.2, -0.15) is 5.10 Å². The first-order chi connectivity index (χ1) is 11.6. The Labute approximate surface area is 143 Å². The number of phenols is 1. The topological polar surface area (TPSA) is 63.0 Å². The van der Waals surface area contributed by atoms with Gasteiger partial charge in [-0.05, 0) is 36.8 Å². The summed E-state index contributed by atoms with van der Waals surface area (Å²) in [6.07, 6.45) is 3.31. The second-order valence-corrected chi connectivity index (χ2v) is 6.14. The van der Waals surface area contributed by atoms with Gasteiger partial charge in [-0.25, -0.2) is 4.68 Å². The first-order valence-electron chi connectivity index (χ1n) is 7.36. The lowest BCUT2D eigenvalue weighted by atomic mass is 10.2. The van der Waals surface area contributed by atoms with E-state index in [1.807, 2.05) is 30.5 Å². The number of rotatable bonds is 5. The Hall–Kier alpha value is -2.86. The fraction of sp³-hybridized carbons (Fsp3) is 0.111. The van der Waals surface area contributed by atoms with E-state index in [9.17, 15) is 5.11 Å². The molecule has 0 fully saturated rings. The van der Waals surface area contributed by atoms with Crippen molar-refractivity contribution < 1.29 is 9.52 Å². The van der Waals surface area contributed by atoms with Crippen molar-refractivity contribution in [2.24, 2.45) is 10.1 Å². The zero-order valence-electron chi connectivity index (χ0n) is 13.2. The molecule has 3 rings (SSSR count). The van der Waals surface area contributed by atoms with Crippen molar-refractivity contribution in [3.63, 3.8) is 0 Å². The number of hydrogen-bond acceptors (Lipinski definition) is 5. The predicted molar refractivity (Wildman–Crippen MR) is 96.4 cm³/mol. The quantitative estimate of drug-likeness (QED) is 0.566. The van der Waals surface area contributed by atoms with Crippen LogP contribution in [0.1, 0.15) is 12.5 Å². The normalized spacial score (nSPS) is 12.1. The first-order valence-corrected chi connectivity index (χ1v) is 8.24. The summed E-state index contributed by atoms with van der Waals surface area (Å²) in [5.41, 5.74) is 2.60. The molecule has 0 aliphatic carbocycles. The van der Waals surface area contributed by atoms with Gasteiger partial charge < -0.3 is 9.52 Å². The Balaban J connectivity index is 2.04. The highest BCUT2D eigenvalue weighted by atomic mass is 32.1. The molecule has 0 aliphatic rings. The van der Waals surface area contributed by atoms with Crippen LogP contribution in [0.25, 0.3) is 11.5 Å². The summed E-state index contributed by atoms with van der Waals surface area (Å²) < 4.78 is 7.22. The van der Waals surface area contributed by atoms with Crippen LogP contribution in [0.3, 0.4) is 0 Å². The minimum Gasteiger partial charge on any atom is -0.508 e. The van der Waals surface area contributed by atoms with Gasteiger partial charge >= 0.3 is 0 Å². The molecule has 1 N–H and O–H groups in total. The molecule has 0 aliphatic heterocycles. The van der Waals surface area contributed by atoms with Crippen LogP contribution < -0.4 is 4.80 Å². The number of phenolic OH excluding ortho intramolecular Hbond substituents is 1. The van der Waals surface area contributed by atoms with Crippen molar-refractivity contribution in [3.05, 3.63) is 70.6 Å². The van der Waals surface area contributed by atoms with Crippen LogP contribution in [0.4, 0.5) is 0 Å². The fourth-order valence-electron chi connectivity index (χ4n) is 2.05. The summed E-state index contributed by atoms with van der Waals surface area (Å²) in [5, 5.41) is 16.0. The third-order valence-corrected chi connectivity index (χ3v) is 3.99. The van der Waals surface area contributed by atoms with Crippen LogP contribution in [0.5, 0.6) is 5.75 Å². The molecule has 5 nitrogen and oxygen atoms in total. The minimum atomic E-state index is 0.202. The third-order valence-electron chi connectivity index (χ3n) is 3.14. The van der Waals surface area contributed by atoms with E-state index in [0.29, 0.717) is 6.54 Å². The Morgan fingerprint density at radius 1 is 1.38 bits per heavy atom. The van der Waals surface area contributed by atoms with Gasteiger partial charge in [-0.15, -0.1) is 11.3 Å². The van der Waals surface area contributed by atoms with Crippen LogP contribution in [0, 0.1) is 0 Å². The number of benzene rings is 1. The van der Waals surface area contributed by atoms with Crippen molar-refractivity contribution in [1.29, 1.82) is 0 Å². The number of aromatic hydroxyl groups is 1. The number of thiazole rings is 1. The van der Waals surface area contributed by atoms with Crippen LogP contribution in [0.15, 0.2) is 74.7 Å². The van der Waals surface area contributed by atoms with E-state index in [0.717, 1.165) is 27.4 Å². The van der Waals surface area contributed by atoms with Crippen molar-refractivity contribution in [1.82, 2.24) is 4.68 Å².